The van der Waals surface area contributed by atoms with Gasteiger partial charge in [-0.1, -0.05) is 0 Å². The van der Waals surface area contributed by atoms with Crippen LogP contribution in [0.3, 0.4) is 0 Å². The monoisotopic (exact) mass is 308 g/mol. The van der Waals surface area contributed by atoms with E-state index in [1.54, 1.807) is 0 Å². The van der Waals surface area contributed by atoms with Crippen molar-refractivity contribution < 1.29 is 34.3 Å². The second-order valence-corrected chi connectivity index (χ2v) is 4.70. The lowest BCUT2D eigenvalue weighted by Crippen LogP contribution is -2.64. The summed E-state index contributed by atoms with van der Waals surface area (Å²) in [6, 6.07) is -0.935. The minimum absolute atomic E-state index is 0.154. The van der Waals surface area contributed by atoms with E-state index in [1.807, 2.05) is 0 Å². The Kier molecular flexibility index (Phi) is 8.04. The molecule has 0 spiro atoms. The van der Waals surface area contributed by atoms with Gasteiger partial charge in [0.25, 0.3) is 0 Å². The molecule has 1 aliphatic heterocycles. The number of hydrogen-bond acceptors (Lipinski definition) is 8. The molecule has 0 unspecified atom stereocenters. The van der Waals surface area contributed by atoms with Gasteiger partial charge < -0.3 is 40.6 Å². The number of aliphatic hydroxyl groups is 3. The second-order valence-electron chi connectivity index (χ2n) is 4.70. The van der Waals surface area contributed by atoms with Crippen molar-refractivity contribution in [2.75, 3.05) is 33.0 Å². The molecule has 5 atom stereocenters. The van der Waals surface area contributed by atoms with Gasteiger partial charge >= 0.3 is 0 Å². The van der Waals surface area contributed by atoms with Gasteiger partial charge in [0.1, 0.15) is 24.4 Å². The molecule has 0 aliphatic carbocycles. The van der Waals surface area contributed by atoms with Crippen LogP contribution in [-0.2, 0) is 19.0 Å². The van der Waals surface area contributed by atoms with Crippen LogP contribution in [0.25, 0.3) is 0 Å². The summed E-state index contributed by atoms with van der Waals surface area (Å²) in [5, 5.41) is 31.4. The molecule has 9 nitrogen and oxygen atoms in total. The van der Waals surface area contributed by atoms with Crippen LogP contribution < -0.4 is 11.1 Å². The van der Waals surface area contributed by atoms with Crippen molar-refractivity contribution in [1.82, 2.24) is 5.32 Å². The average Bonchev–Trinajstić information content (AvgIpc) is 2.45. The Morgan fingerprint density at radius 3 is 2.57 bits per heavy atom. The molecule has 0 aromatic carbocycles. The van der Waals surface area contributed by atoms with Crippen molar-refractivity contribution in [3.8, 4) is 0 Å². The number of carbonyl (C=O) groups is 1. The van der Waals surface area contributed by atoms with E-state index in [0.717, 1.165) is 0 Å². The van der Waals surface area contributed by atoms with Gasteiger partial charge in [-0.3, -0.25) is 4.79 Å². The van der Waals surface area contributed by atoms with E-state index in [9.17, 15) is 15.0 Å². The SMILES string of the molecule is CC(=O)N[C@H]1[C@H](OCCOCCN)O[C@H](CO)[C@H](O)[C@@H]1O. The summed E-state index contributed by atoms with van der Waals surface area (Å²) in [6.45, 7) is 2.01. The molecular formula is C12H24N2O7. The van der Waals surface area contributed by atoms with Crippen molar-refractivity contribution in [2.24, 2.45) is 5.73 Å². The van der Waals surface area contributed by atoms with Crippen LogP contribution in [0.4, 0.5) is 0 Å². The van der Waals surface area contributed by atoms with E-state index in [0.29, 0.717) is 13.2 Å². The molecule has 9 heteroatoms. The molecule has 0 aromatic rings. The van der Waals surface area contributed by atoms with Crippen LogP contribution in [0.15, 0.2) is 0 Å². The van der Waals surface area contributed by atoms with Gasteiger partial charge in [0.15, 0.2) is 6.29 Å². The Morgan fingerprint density at radius 2 is 2.00 bits per heavy atom. The molecule has 0 aromatic heterocycles. The normalized spacial score (nSPS) is 32.9. The van der Waals surface area contributed by atoms with Gasteiger partial charge in [-0.2, -0.15) is 0 Å². The second kappa shape index (κ2) is 9.26. The number of amides is 1. The highest BCUT2D eigenvalue weighted by molar-refractivity contribution is 5.73. The number of carbonyl (C=O) groups excluding carboxylic acids is 1. The van der Waals surface area contributed by atoms with Crippen LogP contribution in [-0.4, -0.2) is 84.8 Å². The zero-order valence-corrected chi connectivity index (χ0v) is 12.0. The summed E-state index contributed by atoms with van der Waals surface area (Å²) >= 11 is 0. The van der Waals surface area contributed by atoms with Crippen molar-refractivity contribution in [3.05, 3.63) is 0 Å². The number of aliphatic hydroxyl groups excluding tert-OH is 3. The van der Waals surface area contributed by atoms with Crippen LogP contribution in [0, 0.1) is 0 Å². The predicted octanol–water partition coefficient (Wildman–Crippen LogP) is -3.08. The maximum absolute atomic E-state index is 11.2. The molecular weight excluding hydrogens is 284 g/mol. The van der Waals surface area contributed by atoms with Gasteiger partial charge in [0.2, 0.25) is 5.91 Å². The summed E-state index contributed by atoms with van der Waals surface area (Å²) in [4.78, 5) is 11.2. The lowest BCUT2D eigenvalue weighted by Gasteiger charge is -2.42. The molecule has 1 aliphatic rings. The van der Waals surface area contributed by atoms with E-state index in [1.165, 1.54) is 6.92 Å². The molecule has 0 radical (unpaired) electrons. The van der Waals surface area contributed by atoms with E-state index < -0.39 is 43.2 Å². The van der Waals surface area contributed by atoms with Crippen molar-refractivity contribution in [2.45, 2.75) is 37.6 Å². The molecule has 6 N–H and O–H groups in total. The highest BCUT2D eigenvalue weighted by Gasteiger charge is 2.45. The van der Waals surface area contributed by atoms with Gasteiger partial charge in [0.05, 0.1) is 26.4 Å². The first-order valence-corrected chi connectivity index (χ1v) is 6.80. The zero-order valence-electron chi connectivity index (χ0n) is 12.0. The van der Waals surface area contributed by atoms with Crippen LogP contribution in [0.2, 0.25) is 0 Å². The molecule has 124 valence electrons. The molecule has 0 bridgehead atoms. The first-order valence-electron chi connectivity index (χ1n) is 6.80. The predicted molar refractivity (Wildman–Crippen MR) is 71.2 cm³/mol. The number of nitrogens with one attached hydrogen (secondary N) is 1. The van der Waals surface area contributed by atoms with E-state index in [2.05, 4.69) is 5.32 Å². The molecule has 21 heavy (non-hydrogen) atoms. The minimum Gasteiger partial charge on any atom is -0.394 e. The fraction of sp³-hybridized carbons (Fsp3) is 0.917. The average molecular weight is 308 g/mol. The van der Waals surface area contributed by atoms with Crippen molar-refractivity contribution in [1.29, 1.82) is 0 Å². The molecule has 1 rings (SSSR count). The van der Waals surface area contributed by atoms with Crippen LogP contribution >= 0.6 is 0 Å². The maximum Gasteiger partial charge on any atom is 0.217 e. The topological polar surface area (TPSA) is 144 Å². The molecule has 1 amide bonds. The molecule has 0 saturated carbocycles. The number of hydrogen-bond donors (Lipinski definition) is 5. The Bertz CT molecular complexity index is 318. The zero-order chi connectivity index (χ0) is 15.8. The van der Waals surface area contributed by atoms with Crippen molar-refractivity contribution >= 4 is 5.91 Å². The Morgan fingerprint density at radius 1 is 1.29 bits per heavy atom. The fourth-order valence-corrected chi connectivity index (χ4v) is 2.02. The van der Waals surface area contributed by atoms with Crippen LogP contribution in [0.5, 0.6) is 0 Å². The largest absolute Gasteiger partial charge is 0.394 e. The van der Waals surface area contributed by atoms with Gasteiger partial charge in [-0.15, -0.1) is 0 Å². The first-order chi connectivity index (χ1) is 10.0. The summed E-state index contributed by atoms with van der Waals surface area (Å²) in [5.74, 6) is -0.398. The lowest BCUT2D eigenvalue weighted by atomic mass is 9.97. The number of nitrogens with two attached hydrogens (primary N) is 1. The maximum atomic E-state index is 11.2. The van der Waals surface area contributed by atoms with E-state index in [4.69, 9.17) is 25.1 Å². The smallest absolute Gasteiger partial charge is 0.217 e. The van der Waals surface area contributed by atoms with Gasteiger partial charge in [-0.25, -0.2) is 0 Å². The summed E-state index contributed by atoms with van der Waals surface area (Å²) in [7, 11) is 0. The third kappa shape index (κ3) is 5.47. The Hall–Kier alpha value is -0.810. The molecule has 1 fully saturated rings. The highest BCUT2D eigenvalue weighted by atomic mass is 16.7. The van der Waals surface area contributed by atoms with Crippen molar-refractivity contribution in [3.63, 3.8) is 0 Å². The van der Waals surface area contributed by atoms with Gasteiger partial charge in [0, 0.05) is 13.5 Å². The molecule has 1 heterocycles. The fourth-order valence-electron chi connectivity index (χ4n) is 2.02. The van der Waals surface area contributed by atoms with Crippen LogP contribution in [0.1, 0.15) is 6.92 Å². The Balaban J connectivity index is 2.58. The highest BCUT2D eigenvalue weighted by Crippen LogP contribution is 2.22. The Labute approximate surface area is 123 Å². The summed E-state index contributed by atoms with van der Waals surface area (Å²) < 4.78 is 15.9. The lowest BCUT2D eigenvalue weighted by molar-refractivity contribution is -0.272. The number of rotatable bonds is 8. The standard InChI is InChI=1S/C12H24N2O7/c1-7(16)14-9-11(18)10(17)8(6-15)21-12(9)20-5-4-19-3-2-13/h8-12,15,17-18H,2-6,13H2,1H3,(H,14,16)/t8-,9-,10+,11-,12-/m1/s1. The minimum atomic E-state index is -1.32. The van der Waals surface area contributed by atoms with Gasteiger partial charge in [-0.05, 0) is 0 Å². The third-order valence-electron chi connectivity index (χ3n) is 3.02. The third-order valence-corrected chi connectivity index (χ3v) is 3.02. The summed E-state index contributed by atoms with van der Waals surface area (Å²) in [5.41, 5.74) is 5.27. The quantitative estimate of drug-likeness (QED) is 0.297. The molecule has 1 saturated heterocycles. The van der Waals surface area contributed by atoms with E-state index in [-0.39, 0.29) is 13.2 Å². The summed E-state index contributed by atoms with van der Waals surface area (Å²) in [6.07, 6.45) is -4.61. The van der Waals surface area contributed by atoms with E-state index >= 15 is 0 Å². The first kappa shape index (κ1) is 18.2. The number of ether oxygens (including phenoxy) is 3.